The number of rotatable bonds is 1. The van der Waals surface area contributed by atoms with Crippen molar-refractivity contribution in [2.24, 2.45) is 0 Å². The molecule has 0 bridgehead atoms. The van der Waals surface area contributed by atoms with E-state index in [-0.39, 0.29) is 0 Å². The first kappa shape index (κ1) is 9.47. The lowest BCUT2D eigenvalue weighted by Gasteiger charge is -2.03. The van der Waals surface area contributed by atoms with Crippen LogP contribution >= 0.6 is 15.9 Å². The summed E-state index contributed by atoms with van der Waals surface area (Å²) in [6, 6.07) is 7.87. The van der Waals surface area contributed by atoms with E-state index >= 15 is 0 Å². The van der Waals surface area contributed by atoms with Gasteiger partial charge in [-0.25, -0.2) is 14.6 Å². The summed E-state index contributed by atoms with van der Waals surface area (Å²) in [5, 5.41) is 5.20. The van der Waals surface area contributed by atoms with Crippen molar-refractivity contribution in [1.29, 1.82) is 0 Å². The van der Waals surface area contributed by atoms with E-state index in [1.54, 1.807) is 17.2 Å². The van der Waals surface area contributed by atoms with E-state index in [2.05, 4.69) is 31.0 Å². The molecule has 0 spiro atoms. The molecule has 0 unspecified atom stereocenters. The Morgan fingerprint density at radius 1 is 1.12 bits per heavy atom. The largest absolute Gasteiger partial charge is 0.236 e. The highest BCUT2D eigenvalue weighted by molar-refractivity contribution is 9.10. The smallest absolute Gasteiger partial charge is 0.164 e. The van der Waals surface area contributed by atoms with Crippen LogP contribution in [0.2, 0.25) is 0 Å². The Hall–Kier alpha value is -1.75. The molecule has 16 heavy (non-hydrogen) atoms. The number of nitrogens with zero attached hydrogens (tertiary/aromatic N) is 4. The molecule has 3 aromatic rings. The molecule has 0 aliphatic carbocycles. The highest BCUT2D eigenvalue weighted by Gasteiger charge is 2.05. The maximum absolute atomic E-state index is 4.26. The van der Waals surface area contributed by atoms with E-state index in [9.17, 15) is 0 Å². The lowest BCUT2D eigenvalue weighted by Crippen LogP contribution is -1.99. The first-order valence-corrected chi connectivity index (χ1v) is 5.54. The van der Waals surface area contributed by atoms with Crippen molar-refractivity contribution < 1.29 is 0 Å². The Labute approximate surface area is 100 Å². The van der Waals surface area contributed by atoms with E-state index in [1.807, 2.05) is 30.5 Å². The minimum Gasteiger partial charge on any atom is -0.236 e. The molecule has 0 amide bonds. The van der Waals surface area contributed by atoms with Gasteiger partial charge in [0.1, 0.15) is 6.33 Å². The molecule has 0 aliphatic rings. The van der Waals surface area contributed by atoms with Crippen molar-refractivity contribution in [3.8, 4) is 5.82 Å². The summed E-state index contributed by atoms with van der Waals surface area (Å²) < 4.78 is 2.66. The number of para-hydroxylation sites is 1. The molecule has 2 heterocycles. The van der Waals surface area contributed by atoms with Crippen LogP contribution in [0.3, 0.4) is 0 Å². The predicted octanol–water partition coefficient (Wildman–Crippen LogP) is 2.58. The fraction of sp³-hybridized carbons (Fsp3) is 0. The summed E-state index contributed by atoms with van der Waals surface area (Å²) in [5.74, 6) is 0.788. The summed E-state index contributed by atoms with van der Waals surface area (Å²) in [5.41, 5.74) is 0.916. The Morgan fingerprint density at radius 3 is 2.81 bits per heavy atom. The standard InChI is InChI=1S/C11H7BrN4/c12-8-5-15-16(6-8)11-9-3-1-2-4-10(9)13-7-14-11/h1-7H. The fourth-order valence-corrected chi connectivity index (χ4v) is 1.88. The molecule has 5 heteroatoms. The zero-order valence-electron chi connectivity index (χ0n) is 8.21. The van der Waals surface area contributed by atoms with Gasteiger partial charge in [-0.1, -0.05) is 12.1 Å². The normalized spacial score (nSPS) is 10.8. The van der Waals surface area contributed by atoms with Crippen molar-refractivity contribution in [3.05, 3.63) is 47.5 Å². The molecule has 4 nitrogen and oxygen atoms in total. The zero-order valence-corrected chi connectivity index (χ0v) is 9.79. The third-order valence-electron chi connectivity index (χ3n) is 2.29. The van der Waals surface area contributed by atoms with Crippen molar-refractivity contribution in [2.45, 2.75) is 0 Å². The van der Waals surface area contributed by atoms with Crippen LogP contribution in [-0.2, 0) is 0 Å². The first-order valence-electron chi connectivity index (χ1n) is 4.75. The van der Waals surface area contributed by atoms with Crippen molar-refractivity contribution in [1.82, 2.24) is 19.7 Å². The second kappa shape index (κ2) is 3.68. The summed E-state index contributed by atoms with van der Waals surface area (Å²) in [4.78, 5) is 8.47. The minimum absolute atomic E-state index is 0.788. The Morgan fingerprint density at radius 2 is 2.00 bits per heavy atom. The second-order valence-electron chi connectivity index (χ2n) is 3.32. The Bertz CT molecular complexity index is 642. The number of benzene rings is 1. The SMILES string of the molecule is Brc1cnn(-c2ncnc3ccccc23)c1. The van der Waals surface area contributed by atoms with E-state index in [4.69, 9.17) is 0 Å². The summed E-state index contributed by atoms with van der Waals surface area (Å²) in [6.45, 7) is 0. The van der Waals surface area contributed by atoms with Gasteiger partial charge in [0.05, 0.1) is 16.2 Å². The highest BCUT2D eigenvalue weighted by atomic mass is 79.9. The van der Waals surface area contributed by atoms with Crippen molar-refractivity contribution in [2.75, 3.05) is 0 Å². The summed E-state index contributed by atoms with van der Waals surface area (Å²) in [6.07, 6.45) is 5.15. The summed E-state index contributed by atoms with van der Waals surface area (Å²) >= 11 is 3.37. The van der Waals surface area contributed by atoms with E-state index in [0.717, 1.165) is 21.2 Å². The molecule has 1 aromatic carbocycles. The van der Waals surface area contributed by atoms with Gasteiger partial charge < -0.3 is 0 Å². The van der Waals surface area contributed by atoms with Crippen LogP contribution < -0.4 is 0 Å². The van der Waals surface area contributed by atoms with Gasteiger partial charge in [0.2, 0.25) is 0 Å². The van der Waals surface area contributed by atoms with Gasteiger partial charge in [0, 0.05) is 11.6 Å². The predicted molar refractivity (Wildman–Crippen MR) is 64.4 cm³/mol. The molecule has 0 fully saturated rings. The third-order valence-corrected chi connectivity index (χ3v) is 2.70. The average Bonchev–Trinajstić information content (AvgIpc) is 2.75. The van der Waals surface area contributed by atoms with Crippen LogP contribution in [0, 0.1) is 0 Å². The molecule has 78 valence electrons. The average molecular weight is 275 g/mol. The maximum atomic E-state index is 4.26. The lowest BCUT2D eigenvalue weighted by atomic mass is 10.2. The molecular weight excluding hydrogens is 268 g/mol. The number of hydrogen-bond donors (Lipinski definition) is 0. The molecule has 0 aliphatic heterocycles. The van der Waals surface area contributed by atoms with E-state index in [1.165, 1.54) is 0 Å². The molecule has 0 radical (unpaired) electrons. The van der Waals surface area contributed by atoms with Crippen molar-refractivity contribution >= 4 is 26.8 Å². The zero-order chi connectivity index (χ0) is 11.0. The summed E-state index contributed by atoms with van der Waals surface area (Å²) in [7, 11) is 0. The van der Waals surface area contributed by atoms with Gasteiger partial charge in [-0.05, 0) is 28.1 Å². The minimum atomic E-state index is 0.788. The van der Waals surface area contributed by atoms with Gasteiger partial charge >= 0.3 is 0 Å². The van der Waals surface area contributed by atoms with Crippen LogP contribution in [0.5, 0.6) is 0 Å². The molecule has 0 saturated heterocycles. The molecule has 0 atom stereocenters. The molecular formula is C11H7BrN4. The topological polar surface area (TPSA) is 43.6 Å². The van der Waals surface area contributed by atoms with Gasteiger partial charge in [-0.3, -0.25) is 0 Å². The van der Waals surface area contributed by atoms with Crippen LogP contribution in [0.15, 0.2) is 47.5 Å². The van der Waals surface area contributed by atoms with Gasteiger partial charge in [0.25, 0.3) is 0 Å². The molecule has 3 rings (SSSR count). The number of hydrogen-bond acceptors (Lipinski definition) is 3. The Balaban J connectivity index is 2.31. The number of aromatic nitrogens is 4. The van der Waals surface area contributed by atoms with Crippen molar-refractivity contribution in [3.63, 3.8) is 0 Å². The molecule has 0 saturated carbocycles. The maximum Gasteiger partial charge on any atom is 0.164 e. The molecule has 0 N–H and O–H groups in total. The van der Waals surface area contributed by atoms with Crippen LogP contribution in [0.4, 0.5) is 0 Å². The Kier molecular flexibility index (Phi) is 2.18. The second-order valence-corrected chi connectivity index (χ2v) is 4.23. The quantitative estimate of drug-likeness (QED) is 0.685. The lowest BCUT2D eigenvalue weighted by molar-refractivity contribution is 0.851. The number of halogens is 1. The van der Waals surface area contributed by atoms with Gasteiger partial charge in [0.15, 0.2) is 5.82 Å². The molecule has 2 aromatic heterocycles. The third kappa shape index (κ3) is 1.49. The fourth-order valence-electron chi connectivity index (χ4n) is 1.59. The highest BCUT2D eigenvalue weighted by Crippen LogP contribution is 2.18. The van der Waals surface area contributed by atoms with Gasteiger partial charge in [-0.2, -0.15) is 5.10 Å². The van der Waals surface area contributed by atoms with Crippen LogP contribution in [0.1, 0.15) is 0 Å². The van der Waals surface area contributed by atoms with E-state index < -0.39 is 0 Å². The van der Waals surface area contributed by atoms with Gasteiger partial charge in [-0.15, -0.1) is 0 Å². The van der Waals surface area contributed by atoms with Crippen LogP contribution in [-0.4, -0.2) is 19.7 Å². The number of fused-ring (bicyclic) bond motifs is 1. The van der Waals surface area contributed by atoms with E-state index in [0.29, 0.717) is 0 Å². The first-order chi connectivity index (χ1) is 7.84. The monoisotopic (exact) mass is 274 g/mol. The van der Waals surface area contributed by atoms with Crippen LogP contribution in [0.25, 0.3) is 16.7 Å².